The van der Waals surface area contributed by atoms with Crippen molar-refractivity contribution in [2.24, 2.45) is 0 Å². The Labute approximate surface area is 284 Å². The van der Waals surface area contributed by atoms with E-state index in [1.165, 1.54) is 31.7 Å². The number of rotatable bonds is 14. The summed E-state index contributed by atoms with van der Waals surface area (Å²) >= 11 is 0. The van der Waals surface area contributed by atoms with Gasteiger partial charge < -0.3 is 20.9 Å². The number of carbonyl (C=O) groups is 2. The highest BCUT2D eigenvalue weighted by Gasteiger charge is 2.23. The molecule has 2 aliphatic rings. The molecule has 0 bridgehead atoms. The number of hydrogen-bond donors (Lipinski definition) is 3. The number of likely N-dealkylation sites (N-methyl/N-ethyl adjacent to an activating group) is 1. The average Bonchev–Trinajstić information content (AvgIpc) is 3.05. The fourth-order valence-corrected chi connectivity index (χ4v) is 5.76. The summed E-state index contributed by atoms with van der Waals surface area (Å²) in [5, 5.41) is 17.7. The Morgan fingerprint density at radius 2 is 1.53 bits per heavy atom. The van der Waals surface area contributed by atoms with Crippen LogP contribution in [0.3, 0.4) is 0 Å². The van der Waals surface area contributed by atoms with Gasteiger partial charge in [0, 0.05) is 67.4 Å². The van der Waals surface area contributed by atoms with Crippen LogP contribution in [0.25, 0.3) is 22.5 Å². The molecular formula is C35H42N10O4. The van der Waals surface area contributed by atoms with E-state index in [1.807, 2.05) is 31.3 Å². The van der Waals surface area contributed by atoms with Crippen LogP contribution in [0.4, 0.5) is 11.6 Å². The van der Waals surface area contributed by atoms with Crippen LogP contribution in [-0.2, 0) is 29.1 Å². The van der Waals surface area contributed by atoms with E-state index in [0.717, 1.165) is 39.4 Å². The second kappa shape index (κ2) is 15.2. The van der Waals surface area contributed by atoms with Gasteiger partial charge in [0.2, 0.25) is 11.8 Å². The minimum Gasteiger partial charge on any atom is -0.367 e. The van der Waals surface area contributed by atoms with E-state index in [9.17, 15) is 19.2 Å². The van der Waals surface area contributed by atoms with Crippen molar-refractivity contribution in [3.8, 4) is 22.5 Å². The second-order valence-corrected chi connectivity index (χ2v) is 12.6. The van der Waals surface area contributed by atoms with Crippen LogP contribution in [0.15, 0.2) is 64.4 Å². The Kier molecular flexibility index (Phi) is 10.4. The smallest absolute Gasteiger partial charge is 0.270 e. The number of aromatic nitrogens is 6. The summed E-state index contributed by atoms with van der Waals surface area (Å²) < 4.78 is 2.25. The van der Waals surface area contributed by atoms with Crippen molar-refractivity contribution in [2.75, 3.05) is 30.4 Å². The molecule has 2 aliphatic carbocycles. The molecule has 0 saturated heterocycles. The Morgan fingerprint density at radius 3 is 2.18 bits per heavy atom. The lowest BCUT2D eigenvalue weighted by atomic mass is 9.92. The van der Waals surface area contributed by atoms with Crippen molar-refractivity contribution < 1.29 is 9.59 Å². The molecule has 2 fully saturated rings. The highest BCUT2D eigenvalue weighted by atomic mass is 16.2. The summed E-state index contributed by atoms with van der Waals surface area (Å²) in [5.74, 6) is 0.884. The lowest BCUT2D eigenvalue weighted by molar-refractivity contribution is -0.122. The highest BCUT2D eigenvalue weighted by molar-refractivity contribution is 5.76. The lowest BCUT2D eigenvalue weighted by Gasteiger charge is -2.35. The van der Waals surface area contributed by atoms with E-state index in [0.29, 0.717) is 41.1 Å². The molecule has 0 atom stereocenters. The first kappa shape index (κ1) is 33.5. The maximum atomic E-state index is 13.3. The van der Waals surface area contributed by atoms with Gasteiger partial charge >= 0.3 is 0 Å². The van der Waals surface area contributed by atoms with E-state index >= 15 is 0 Å². The number of pyridine rings is 2. The van der Waals surface area contributed by atoms with Gasteiger partial charge in [-0.1, -0.05) is 0 Å². The molecule has 3 N–H and O–H groups in total. The van der Waals surface area contributed by atoms with Crippen molar-refractivity contribution >= 4 is 23.5 Å². The Bertz CT molecular complexity index is 1900. The van der Waals surface area contributed by atoms with Crippen molar-refractivity contribution in [3.63, 3.8) is 0 Å². The molecule has 0 aromatic carbocycles. The zero-order chi connectivity index (χ0) is 34.3. The fraction of sp³-hybridized carbons (Fsp3) is 0.429. The molecule has 14 nitrogen and oxygen atoms in total. The maximum absolute atomic E-state index is 13.3. The van der Waals surface area contributed by atoms with E-state index in [2.05, 4.69) is 41.0 Å². The third-order valence-electron chi connectivity index (χ3n) is 9.14. The van der Waals surface area contributed by atoms with E-state index in [-0.39, 0.29) is 32.0 Å². The molecule has 2 amide bonds. The van der Waals surface area contributed by atoms with Crippen LogP contribution >= 0.6 is 0 Å². The van der Waals surface area contributed by atoms with Gasteiger partial charge in [-0.15, -0.1) is 0 Å². The van der Waals surface area contributed by atoms with Gasteiger partial charge in [-0.05, 0) is 88.3 Å². The monoisotopic (exact) mass is 666 g/mol. The molecule has 4 heterocycles. The number of amides is 2. The summed E-state index contributed by atoms with van der Waals surface area (Å²) in [5.41, 5.74) is 1.97. The fourth-order valence-electron chi connectivity index (χ4n) is 5.76. The van der Waals surface area contributed by atoms with Gasteiger partial charge in [-0.2, -0.15) is 10.2 Å². The normalized spacial score (nSPS) is 14.4. The number of nitrogens with one attached hydrogen (secondary N) is 3. The lowest BCUT2D eigenvalue weighted by Crippen LogP contribution is -2.37. The van der Waals surface area contributed by atoms with Crippen LogP contribution < -0.4 is 32.0 Å². The molecule has 14 heteroatoms. The number of anilines is 2. The van der Waals surface area contributed by atoms with Gasteiger partial charge in [0.25, 0.3) is 11.1 Å². The number of nitrogens with zero attached hydrogens (tertiary/aromatic N) is 7. The first-order valence-corrected chi connectivity index (χ1v) is 16.9. The molecule has 256 valence electrons. The summed E-state index contributed by atoms with van der Waals surface area (Å²) in [6, 6.07) is 13.2. The summed E-state index contributed by atoms with van der Waals surface area (Å²) in [6.45, 7) is 1.81. The largest absolute Gasteiger partial charge is 0.367 e. The first-order chi connectivity index (χ1) is 23.8. The summed E-state index contributed by atoms with van der Waals surface area (Å²) in [6.07, 6.45) is 10.6. The molecule has 0 unspecified atom stereocenters. The zero-order valence-electron chi connectivity index (χ0n) is 27.9. The third kappa shape index (κ3) is 8.19. The molecule has 2 saturated carbocycles. The van der Waals surface area contributed by atoms with Crippen molar-refractivity contribution in [3.05, 3.63) is 81.1 Å². The van der Waals surface area contributed by atoms with Gasteiger partial charge in [0.1, 0.15) is 24.7 Å². The van der Waals surface area contributed by atoms with Crippen LogP contribution in [0.1, 0.15) is 51.0 Å². The topological polar surface area (TPSA) is 169 Å². The van der Waals surface area contributed by atoms with Gasteiger partial charge in [0.05, 0.1) is 11.4 Å². The SMILES string of the molecule is CCNC(=O)Cn1nc(-c2ccc(NC3CCC3)nc2)cc(CCNC(=O)Cn2nc(-c3ccc(N(C)C4CCC4)nc3)ccc2=O)c1=O. The average molecular weight is 667 g/mol. The number of carbonyl (C=O) groups excluding carboxylic acids is 2. The summed E-state index contributed by atoms with van der Waals surface area (Å²) in [7, 11) is 2.04. The predicted octanol–water partition coefficient (Wildman–Crippen LogP) is 2.37. The second-order valence-electron chi connectivity index (χ2n) is 12.6. The minimum atomic E-state index is -0.432. The van der Waals surface area contributed by atoms with Crippen LogP contribution in [0.2, 0.25) is 0 Å². The molecule has 0 radical (unpaired) electrons. The molecule has 4 aromatic heterocycles. The molecule has 0 aliphatic heterocycles. The summed E-state index contributed by atoms with van der Waals surface area (Å²) in [4.78, 5) is 62.5. The Balaban J connectivity index is 1.11. The van der Waals surface area contributed by atoms with Crippen molar-refractivity contribution in [1.29, 1.82) is 0 Å². The molecule has 4 aromatic rings. The quantitative estimate of drug-likeness (QED) is 0.182. The maximum Gasteiger partial charge on any atom is 0.270 e. The van der Waals surface area contributed by atoms with E-state index < -0.39 is 17.0 Å². The van der Waals surface area contributed by atoms with Gasteiger partial charge in [0.15, 0.2) is 0 Å². The Hall–Kier alpha value is -5.40. The molecular weight excluding hydrogens is 624 g/mol. The van der Waals surface area contributed by atoms with E-state index in [1.54, 1.807) is 31.5 Å². The molecule has 6 rings (SSSR count). The van der Waals surface area contributed by atoms with Gasteiger partial charge in [-0.3, -0.25) is 19.2 Å². The molecule has 49 heavy (non-hydrogen) atoms. The highest BCUT2D eigenvalue weighted by Crippen LogP contribution is 2.28. The Morgan fingerprint density at radius 1 is 0.837 bits per heavy atom. The predicted molar refractivity (Wildman–Crippen MR) is 186 cm³/mol. The number of hydrogen-bond acceptors (Lipinski definition) is 10. The zero-order valence-corrected chi connectivity index (χ0v) is 27.9. The van der Waals surface area contributed by atoms with Crippen LogP contribution in [0.5, 0.6) is 0 Å². The van der Waals surface area contributed by atoms with Crippen LogP contribution in [-0.4, -0.2) is 73.6 Å². The molecule has 0 spiro atoms. The van der Waals surface area contributed by atoms with Gasteiger partial charge in [-0.25, -0.2) is 19.3 Å². The van der Waals surface area contributed by atoms with Crippen LogP contribution in [0, 0.1) is 0 Å². The third-order valence-corrected chi connectivity index (χ3v) is 9.14. The van der Waals surface area contributed by atoms with E-state index in [4.69, 9.17) is 0 Å². The minimum absolute atomic E-state index is 0.121. The van der Waals surface area contributed by atoms with Crippen molar-refractivity contribution in [1.82, 2.24) is 40.2 Å². The first-order valence-electron chi connectivity index (χ1n) is 16.9. The van der Waals surface area contributed by atoms with Crippen molar-refractivity contribution in [2.45, 2.75) is 77.0 Å². The standard InChI is InChI=1S/C35H42N10O4/c1-3-36-32(46)22-45-35(49)23(18-29(42-45)25-10-13-30(38-19-25)40-26-6-4-7-26)16-17-37-33(47)21-44-34(48)15-12-28(41-44)24-11-14-31(39-20-24)43(2)27-8-5-9-27/h10-15,18-20,26-27H,3-9,16-17,21-22H2,1-2H3,(H,36,46)(H,37,47)(H,38,40).